The molecule has 2 aromatic rings. The number of hydrogen-bond donors (Lipinski definition) is 2. The molecule has 0 unspecified atom stereocenters. The lowest BCUT2D eigenvalue weighted by molar-refractivity contribution is -0.192. The Morgan fingerprint density at radius 2 is 1.61 bits per heavy atom. The summed E-state index contributed by atoms with van der Waals surface area (Å²) in [6, 6.07) is 11.2. The summed E-state index contributed by atoms with van der Waals surface area (Å²) in [6.45, 7) is 2.41. The minimum atomic E-state index is -5.08. The number of aliphatic carboxylic acids is 2. The lowest BCUT2D eigenvalue weighted by Crippen LogP contribution is -2.50. The molecule has 0 radical (unpaired) electrons. The average Bonchev–Trinajstić information content (AvgIpc) is 2.85. The van der Waals surface area contributed by atoms with Gasteiger partial charge in [-0.1, -0.05) is 44.0 Å². The Morgan fingerprint density at radius 3 is 2.06 bits per heavy atom. The van der Waals surface area contributed by atoms with E-state index in [1.807, 2.05) is 12.1 Å². The number of pyridine rings is 1. The highest BCUT2D eigenvalue weighted by Crippen LogP contribution is 2.35. The van der Waals surface area contributed by atoms with E-state index in [1.165, 1.54) is 30.7 Å². The van der Waals surface area contributed by atoms with Gasteiger partial charge in [0, 0.05) is 37.8 Å². The maximum Gasteiger partial charge on any atom is 0.490 e. The van der Waals surface area contributed by atoms with Crippen LogP contribution >= 0.6 is 0 Å². The van der Waals surface area contributed by atoms with Crippen LogP contribution in [-0.4, -0.2) is 59.7 Å². The Hall–Kier alpha value is -2.99. The quantitative estimate of drug-likeness (QED) is 0.476. The van der Waals surface area contributed by atoms with Crippen molar-refractivity contribution < 1.29 is 46.1 Å². The van der Waals surface area contributed by atoms with Gasteiger partial charge in [0.1, 0.15) is 0 Å². The van der Waals surface area contributed by atoms with Crippen LogP contribution in [0.5, 0.6) is 0 Å². The first kappa shape index (κ1) is 29.2. The minimum absolute atomic E-state index is 0.0636. The second kappa shape index (κ2) is 12.3. The monoisotopic (exact) mass is 531 g/mol. The molecule has 0 saturated carbocycles. The molecule has 1 aliphatic heterocycles. The zero-order chi connectivity index (χ0) is 27.0. The van der Waals surface area contributed by atoms with Crippen molar-refractivity contribution in [1.29, 1.82) is 0 Å². The predicted molar refractivity (Wildman–Crippen MR) is 124 cm³/mol. The molecular formula is C24H28F3NO7S. The number of unbranched alkanes of at least 4 members (excludes halogenated alkanes) is 2. The lowest BCUT2D eigenvalue weighted by Gasteiger charge is -2.32. The molecular weight excluding hydrogens is 503 g/mol. The molecule has 8 nitrogen and oxygen atoms in total. The van der Waals surface area contributed by atoms with Crippen LogP contribution in [0.2, 0.25) is 0 Å². The summed E-state index contributed by atoms with van der Waals surface area (Å²) in [5.41, 5.74) is 2.82. The highest BCUT2D eigenvalue weighted by atomic mass is 32.2. The zero-order valence-electron chi connectivity index (χ0n) is 19.6. The van der Waals surface area contributed by atoms with Gasteiger partial charge < -0.3 is 14.9 Å². The van der Waals surface area contributed by atoms with E-state index in [0.717, 1.165) is 18.4 Å². The van der Waals surface area contributed by atoms with Crippen LogP contribution in [0.1, 0.15) is 44.6 Å². The van der Waals surface area contributed by atoms with Crippen LogP contribution in [0.25, 0.3) is 11.3 Å². The molecule has 0 aliphatic carbocycles. The van der Waals surface area contributed by atoms with Crippen LogP contribution < -0.4 is 0 Å². The van der Waals surface area contributed by atoms with Gasteiger partial charge in [-0.25, -0.2) is 13.2 Å². The molecule has 12 heteroatoms. The van der Waals surface area contributed by atoms with E-state index < -0.39 is 32.7 Å². The number of carboxylic acid groups (broad SMARTS) is 2. The molecule has 1 aromatic heterocycles. The van der Waals surface area contributed by atoms with E-state index in [2.05, 4.69) is 24.0 Å². The summed E-state index contributed by atoms with van der Waals surface area (Å²) >= 11 is 0. The number of nitrogens with zero attached hydrogens (tertiary/aromatic N) is 1. The van der Waals surface area contributed by atoms with Crippen molar-refractivity contribution in [3.8, 4) is 11.3 Å². The standard InChI is InChI=1S/C22H27NO5S.C2HF3O2/c1-2-3-4-5-17-6-8-18(9-7-17)20-11-10-19(16-23-20)29(26,27)22(21(24)25)12-14-28-15-13-22;3-2(4,5)1(6)7/h6-11,16H,2-5,12-15H2,1H3,(H,24,25);(H,6,7). The van der Waals surface area contributed by atoms with E-state index in [0.29, 0.717) is 5.69 Å². The smallest absolute Gasteiger partial charge is 0.480 e. The van der Waals surface area contributed by atoms with Gasteiger partial charge in [0.05, 0.1) is 10.6 Å². The van der Waals surface area contributed by atoms with Crippen molar-refractivity contribution in [2.75, 3.05) is 13.2 Å². The number of carboxylic acids is 2. The van der Waals surface area contributed by atoms with Gasteiger partial charge in [-0.3, -0.25) is 9.78 Å². The Labute approximate surface area is 207 Å². The topological polar surface area (TPSA) is 131 Å². The molecule has 1 saturated heterocycles. The van der Waals surface area contributed by atoms with E-state index in [-0.39, 0.29) is 31.0 Å². The molecule has 0 atom stereocenters. The molecule has 1 fully saturated rings. The molecule has 0 bridgehead atoms. The number of aromatic nitrogens is 1. The molecule has 36 heavy (non-hydrogen) atoms. The number of ether oxygens (including phenoxy) is 1. The van der Waals surface area contributed by atoms with Gasteiger partial charge in [0.15, 0.2) is 14.6 Å². The summed E-state index contributed by atoms with van der Waals surface area (Å²) in [7, 11) is -4.08. The van der Waals surface area contributed by atoms with Crippen LogP contribution in [0, 0.1) is 0 Å². The third kappa shape index (κ3) is 7.03. The Kier molecular flexibility index (Phi) is 10.00. The number of hydrogen-bond acceptors (Lipinski definition) is 6. The third-order valence-corrected chi connectivity index (χ3v) is 8.29. The highest BCUT2D eigenvalue weighted by Gasteiger charge is 2.52. The number of aryl methyl sites for hydroxylation is 1. The van der Waals surface area contributed by atoms with E-state index in [9.17, 15) is 31.5 Å². The second-order valence-electron chi connectivity index (χ2n) is 8.25. The normalized spacial score (nSPS) is 15.4. The number of halogens is 3. The highest BCUT2D eigenvalue weighted by molar-refractivity contribution is 7.93. The maximum atomic E-state index is 13.1. The fourth-order valence-corrected chi connectivity index (χ4v) is 5.48. The molecule has 1 aromatic carbocycles. The molecule has 0 amide bonds. The first-order valence-electron chi connectivity index (χ1n) is 11.3. The Bertz CT molecular complexity index is 1130. The zero-order valence-corrected chi connectivity index (χ0v) is 20.4. The SMILES string of the molecule is CCCCCc1ccc(-c2ccc(S(=O)(=O)C3(C(=O)O)CCOCC3)cn2)cc1.O=C(O)C(F)(F)F. The summed E-state index contributed by atoms with van der Waals surface area (Å²) in [5, 5.41) is 16.8. The van der Waals surface area contributed by atoms with Crippen LogP contribution in [0.15, 0.2) is 47.5 Å². The maximum absolute atomic E-state index is 13.1. The molecule has 2 N–H and O–H groups in total. The van der Waals surface area contributed by atoms with Crippen molar-refractivity contribution in [2.24, 2.45) is 0 Å². The average molecular weight is 532 g/mol. The Balaban J connectivity index is 0.000000572. The Morgan fingerprint density at radius 1 is 1.03 bits per heavy atom. The van der Waals surface area contributed by atoms with Crippen LogP contribution in [-0.2, 0) is 30.6 Å². The van der Waals surface area contributed by atoms with Gasteiger partial charge >= 0.3 is 18.1 Å². The fourth-order valence-electron chi connectivity index (χ4n) is 3.66. The van der Waals surface area contributed by atoms with Crippen molar-refractivity contribution >= 4 is 21.8 Å². The minimum Gasteiger partial charge on any atom is -0.480 e. The summed E-state index contributed by atoms with van der Waals surface area (Å²) < 4.78 is 61.2. The molecule has 3 rings (SSSR count). The summed E-state index contributed by atoms with van der Waals surface area (Å²) in [6.07, 6.45) is 0.658. The van der Waals surface area contributed by atoms with Gasteiger partial charge in [-0.05, 0) is 30.5 Å². The number of sulfone groups is 1. The van der Waals surface area contributed by atoms with Crippen molar-refractivity contribution in [1.82, 2.24) is 4.98 Å². The molecule has 0 spiro atoms. The van der Waals surface area contributed by atoms with Gasteiger partial charge in [0.25, 0.3) is 0 Å². The van der Waals surface area contributed by atoms with Gasteiger partial charge in [0.2, 0.25) is 0 Å². The van der Waals surface area contributed by atoms with Crippen molar-refractivity contribution in [2.45, 2.75) is 61.3 Å². The largest absolute Gasteiger partial charge is 0.490 e. The van der Waals surface area contributed by atoms with Crippen molar-refractivity contribution in [3.05, 3.63) is 48.2 Å². The lowest BCUT2D eigenvalue weighted by atomic mass is 9.99. The van der Waals surface area contributed by atoms with Crippen molar-refractivity contribution in [3.63, 3.8) is 0 Å². The fraction of sp³-hybridized carbons (Fsp3) is 0.458. The third-order valence-electron chi connectivity index (χ3n) is 5.81. The first-order chi connectivity index (χ1) is 16.8. The summed E-state index contributed by atoms with van der Waals surface area (Å²) in [5.74, 6) is -4.09. The number of alkyl halides is 3. The van der Waals surface area contributed by atoms with Gasteiger partial charge in [-0.2, -0.15) is 13.2 Å². The number of rotatable bonds is 8. The van der Waals surface area contributed by atoms with Crippen LogP contribution in [0.4, 0.5) is 13.2 Å². The predicted octanol–water partition coefficient (Wildman–Crippen LogP) is 4.52. The molecule has 198 valence electrons. The second-order valence-corrected chi connectivity index (χ2v) is 10.5. The van der Waals surface area contributed by atoms with Gasteiger partial charge in [-0.15, -0.1) is 0 Å². The molecule has 1 aliphatic rings. The summed E-state index contributed by atoms with van der Waals surface area (Å²) in [4.78, 5) is 25.0. The number of benzene rings is 1. The van der Waals surface area contributed by atoms with E-state index >= 15 is 0 Å². The molecule has 2 heterocycles. The number of carbonyl (C=O) groups is 2. The van der Waals surface area contributed by atoms with E-state index in [1.54, 1.807) is 6.07 Å². The first-order valence-corrected chi connectivity index (χ1v) is 12.7. The van der Waals surface area contributed by atoms with E-state index in [4.69, 9.17) is 14.6 Å². The van der Waals surface area contributed by atoms with Crippen LogP contribution in [0.3, 0.4) is 0 Å².